The smallest absolute Gasteiger partial charge is 0.203 e. The summed E-state index contributed by atoms with van der Waals surface area (Å²) in [6, 6.07) is 22.0. The quantitative estimate of drug-likeness (QED) is 0.144. The van der Waals surface area contributed by atoms with E-state index >= 15 is 0 Å². The Morgan fingerprint density at radius 3 is 1.98 bits per heavy atom. The van der Waals surface area contributed by atoms with Crippen LogP contribution in [-0.4, -0.2) is 91.1 Å². The van der Waals surface area contributed by atoms with Gasteiger partial charge in [-0.2, -0.15) is 0 Å². The van der Waals surface area contributed by atoms with Crippen molar-refractivity contribution >= 4 is 34.8 Å². The molecular weight excluding hydrogens is 628 g/mol. The minimum Gasteiger partial charge on any atom is -0.545 e. The third-order valence-corrected chi connectivity index (χ3v) is 7.94. The third kappa shape index (κ3) is 10.5. The van der Waals surface area contributed by atoms with E-state index in [9.17, 15) is 24.6 Å². The van der Waals surface area contributed by atoms with Crippen LogP contribution < -0.4 is 24.4 Å². The van der Waals surface area contributed by atoms with Gasteiger partial charge in [0.15, 0.2) is 17.3 Å². The molecule has 258 valence electrons. The molecule has 1 aliphatic rings. The zero-order valence-corrected chi connectivity index (χ0v) is 27.9. The van der Waals surface area contributed by atoms with E-state index in [2.05, 4.69) is 56.9 Å². The highest BCUT2D eigenvalue weighted by atomic mass is 16.5. The summed E-state index contributed by atoms with van der Waals surface area (Å²) < 4.78 is 18.5. The number of hydrogen-bond donors (Lipinski definition) is 0. The Labute approximate surface area is 285 Å². The Morgan fingerprint density at radius 1 is 0.796 bits per heavy atom. The lowest BCUT2D eigenvalue weighted by atomic mass is 10.1. The molecule has 0 radical (unpaired) electrons. The number of aryl methyl sites for hydroxylation is 1. The number of hydrogen-bond acceptors (Lipinski definition) is 11. The highest BCUT2D eigenvalue weighted by Gasteiger charge is 2.21. The number of carboxylic acids is 2. The Hall–Kier alpha value is -5.46. The van der Waals surface area contributed by atoms with Gasteiger partial charge < -0.3 is 38.6 Å². The number of carbonyl (C=O) groups is 3. The number of Topliss-reactive ketones (excluding diaryl/α,β-unsaturated/α-hetero) is 1. The minimum atomic E-state index is -1.55. The number of benzene rings is 3. The van der Waals surface area contributed by atoms with Crippen molar-refractivity contribution in [3.8, 4) is 17.2 Å². The second-order valence-electron chi connectivity index (χ2n) is 11.1. The van der Waals surface area contributed by atoms with Crippen molar-refractivity contribution in [1.29, 1.82) is 0 Å². The normalized spacial score (nSPS) is 13.7. The fraction of sp³-hybridized carbons (Fsp3) is 0.297. The predicted octanol–water partition coefficient (Wildman–Crippen LogP) is 2.21. The van der Waals surface area contributed by atoms with E-state index < -0.39 is 11.9 Å². The van der Waals surface area contributed by atoms with E-state index in [0.717, 1.165) is 56.1 Å². The number of ether oxygens (including phenoxy) is 3. The van der Waals surface area contributed by atoms with Crippen LogP contribution >= 0.6 is 0 Å². The molecule has 2 heterocycles. The molecule has 0 atom stereocenters. The maximum absolute atomic E-state index is 13.3. The summed E-state index contributed by atoms with van der Waals surface area (Å²) in [6.07, 6.45) is 5.53. The van der Waals surface area contributed by atoms with Gasteiger partial charge >= 0.3 is 0 Å². The van der Waals surface area contributed by atoms with E-state index in [1.807, 2.05) is 24.3 Å². The zero-order chi connectivity index (χ0) is 35.2. The number of fused-ring (bicyclic) bond motifs is 1. The minimum absolute atomic E-state index is 0.00477. The Kier molecular flexibility index (Phi) is 13.5. The second-order valence-corrected chi connectivity index (χ2v) is 11.1. The summed E-state index contributed by atoms with van der Waals surface area (Å²) in [6.45, 7) is 6.22. The lowest BCUT2D eigenvalue weighted by Gasteiger charge is -2.34. The predicted molar refractivity (Wildman–Crippen MR) is 181 cm³/mol. The van der Waals surface area contributed by atoms with Crippen LogP contribution in [0.15, 0.2) is 85.0 Å². The summed E-state index contributed by atoms with van der Waals surface area (Å²) in [5.41, 5.74) is 3.76. The van der Waals surface area contributed by atoms with Gasteiger partial charge in [-0.15, -0.1) is 0 Å². The fourth-order valence-corrected chi connectivity index (χ4v) is 5.46. The first-order chi connectivity index (χ1) is 23.7. The zero-order valence-electron chi connectivity index (χ0n) is 27.9. The van der Waals surface area contributed by atoms with Crippen LogP contribution in [0.3, 0.4) is 0 Å². The lowest BCUT2D eigenvalue weighted by Crippen LogP contribution is -2.46. The molecule has 0 amide bonds. The number of aliphatic carboxylic acids is 2. The van der Waals surface area contributed by atoms with E-state index in [-0.39, 0.29) is 5.78 Å². The van der Waals surface area contributed by atoms with E-state index in [4.69, 9.17) is 19.2 Å². The Morgan fingerprint density at radius 2 is 1.39 bits per heavy atom. The Bertz CT molecular complexity index is 1730. The van der Waals surface area contributed by atoms with Crippen LogP contribution in [0.1, 0.15) is 28.2 Å². The molecule has 1 fully saturated rings. The first-order valence-corrected chi connectivity index (χ1v) is 15.8. The number of ketones is 1. The lowest BCUT2D eigenvalue weighted by molar-refractivity contribution is -0.301. The van der Waals surface area contributed by atoms with Crippen LogP contribution in [-0.2, 0) is 22.7 Å². The summed E-state index contributed by atoms with van der Waals surface area (Å²) in [5, 5.41) is 18.8. The highest BCUT2D eigenvalue weighted by molar-refractivity contribution is 5.97. The molecular formula is C37H40N4O8-2. The molecule has 1 aromatic heterocycles. The van der Waals surface area contributed by atoms with Crippen LogP contribution in [0.25, 0.3) is 17.1 Å². The fourth-order valence-electron chi connectivity index (χ4n) is 5.46. The molecule has 0 unspecified atom stereocenters. The third-order valence-electron chi connectivity index (χ3n) is 7.94. The molecule has 0 spiro atoms. The average molecular weight is 669 g/mol. The molecule has 3 aromatic carbocycles. The molecule has 49 heavy (non-hydrogen) atoms. The molecule has 0 saturated carbocycles. The van der Waals surface area contributed by atoms with Gasteiger partial charge in [-0.3, -0.25) is 14.6 Å². The molecule has 4 aromatic rings. The van der Waals surface area contributed by atoms with Crippen molar-refractivity contribution < 1.29 is 38.8 Å². The van der Waals surface area contributed by atoms with Gasteiger partial charge in [0.1, 0.15) is 5.82 Å². The number of methoxy groups -OCH3 is 3. The largest absolute Gasteiger partial charge is 0.545 e. The van der Waals surface area contributed by atoms with Crippen LogP contribution in [0.2, 0.25) is 0 Å². The van der Waals surface area contributed by atoms with Crippen molar-refractivity contribution in [3.05, 3.63) is 102 Å². The number of rotatable bonds is 14. The van der Waals surface area contributed by atoms with E-state index in [1.54, 1.807) is 33.5 Å². The molecule has 1 aliphatic heterocycles. The first kappa shape index (κ1) is 36.4. The van der Waals surface area contributed by atoms with Crippen molar-refractivity contribution in [2.75, 3.05) is 54.1 Å². The number of carbonyl (C=O) groups excluding carboxylic acids is 3. The molecule has 0 bridgehead atoms. The summed E-state index contributed by atoms with van der Waals surface area (Å²) in [4.78, 5) is 42.0. The summed E-state index contributed by atoms with van der Waals surface area (Å²) in [5.74, 6) is -0.686. The maximum Gasteiger partial charge on any atom is 0.203 e. The number of carboxylic acid groups (broad SMARTS) is 2. The monoisotopic (exact) mass is 668 g/mol. The van der Waals surface area contributed by atoms with Crippen molar-refractivity contribution in [2.24, 2.45) is 0 Å². The van der Waals surface area contributed by atoms with Crippen molar-refractivity contribution in [3.63, 3.8) is 0 Å². The second kappa shape index (κ2) is 18.2. The van der Waals surface area contributed by atoms with Gasteiger partial charge in [0, 0.05) is 51.3 Å². The van der Waals surface area contributed by atoms with Gasteiger partial charge in [0.2, 0.25) is 5.75 Å². The number of piperazine rings is 1. The molecule has 0 N–H and O–H groups in total. The molecule has 1 saturated heterocycles. The number of para-hydroxylation sites is 2. The summed E-state index contributed by atoms with van der Waals surface area (Å²) >= 11 is 0. The van der Waals surface area contributed by atoms with Gasteiger partial charge in [-0.25, -0.2) is 4.98 Å². The van der Waals surface area contributed by atoms with Gasteiger partial charge in [0.25, 0.3) is 0 Å². The van der Waals surface area contributed by atoms with Gasteiger partial charge in [-0.05, 0) is 42.0 Å². The number of imidazole rings is 1. The van der Waals surface area contributed by atoms with E-state index in [0.29, 0.717) is 47.9 Å². The van der Waals surface area contributed by atoms with Gasteiger partial charge in [0.05, 0.1) is 50.8 Å². The van der Waals surface area contributed by atoms with Gasteiger partial charge in [-0.1, -0.05) is 54.6 Å². The van der Waals surface area contributed by atoms with Crippen LogP contribution in [0.4, 0.5) is 0 Å². The number of aromatic nitrogens is 2. The number of nitrogens with zero attached hydrogens (tertiary/aromatic N) is 4. The molecule has 5 rings (SSSR count). The first-order valence-electron chi connectivity index (χ1n) is 15.8. The van der Waals surface area contributed by atoms with Crippen molar-refractivity contribution in [2.45, 2.75) is 19.5 Å². The van der Waals surface area contributed by atoms with Crippen LogP contribution in [0, 0.1) is 0 Å². The Balaban J connectivity index is 0.000000603. The maximum atomic E-state index is 13.3. The molecule has 12 nitrogen and oxygen atoms in total. The highest BCUT2D eigenvalue weighted by Crippen LogP contribution is 2.38. The summed E-state index contributed by atoms with van der Waals surface area (Å²) in [7, 11) is 4.66. The van der Waals surface area contributed by atoms with Crippen molar-refractivity contribution in [1.82, 2.24) is 19.4 Å². The topological polar surface area (TPSA) is 149 Å². The molecule has 12 heteroatoms. The van der Waals surface area contributed by atoms with Crippen LogP contribution in [0.5, 0.6) is 17.2 Å². The van der Waals surface area contributed by atoms with E-state index in [1.165, 1.54) is 5.56 Å². The average Bonchev–Trinajstić information content (AvgIpc) is 3.46. The standard InChI is InChI=1S/C33H38N4O4.C4H4O4/c1-39-30-22-26(23-31(40-2)33(30)41-3)29(38)15-17-37-28-14-8-7-13-27(28)34-32(37)24-36-20-18-35(19-21-36)16-9-12-25-10-5-4-6-11-25;5-3(6)1-2-4(7)8/h4-14,22-23H,15-21,24H2,1-3H3;1-2H,(H,5,6)(H,7,8)/p-2. The molecule has 0 aliphatic carbocycles. The SMILES string of the molecule is COc1cc(C(=O)CCn2c(CN3CCN(CC=Cc4ccccc4)CC3)nc3ccccc32)cc(OC)c1OC.O=C([O-])C=CC(=O)[O-].